The first-order valence-electron chi connectivity index (χ1n) is 5.50. The molecule has 0 spiro atoms. The first-order chi connectivity index (χ1) is 6.27. The number of aliphatic carboxylic acids is 1. The first kappa shape index (κ1) is 9.04. The van der Waals surface area contributed by atoms with Crippen molar-refractivity contribution in [3.8, 4) is 0 Å². The second-order valence-electron chi connectivity index (χ2n) is 4.67. The van der Waals surface area contributed by atoms with Gasteiger partial charge < -0.3 is 5.11 Å². The summed E-state index contributed by atoms with van der Waals surface area (Å²) in [6, 6.07) is 0. The zero-order valence-electron chi connectivity index (χ0n) is 8.04. The van der Waals surface area contributed by atoms with Crippen molar-refractivity contribution >= 4 is 5.97 Å². The van der Waals surface area contributed by atoms with Crippen molar-refractivity contribution in [3.63, 3.8) is 0 Å². The van der Waals surface area contributed by atoms with E-state index in [2.05, 4.69) is 0 Å². The third kappa shape index (κ3) is 2.23. The van der Waals surface area contributed by atoms with Gasteiger partial charge in [0.05, 0.1) is 5.92 Å². The van der Waals surface area contributed by atoms with Crippen LogP contribution in [0.5, 0.6) is 0 Å². The van der Waals surface area contributed by atoms with Crippen molar-refractivity contribution < 1.29 is 9.90 Å². The van der Waals surface area contributed by atoms with E-state index in [4.69, 9.17) is 5.11 Å². The van der Waals surface area contributed by atoms with Gasteiger partial charge >= 0.3 is 5.97 Å². The Morgan fingerprint density at radius 1 is 1.23 bits per heavy atom. The van der Waals surface area contributed by atoms with Crippen molar-refractivity contribution in [3.05, 3.63) is 0 Å². The quantitative estimate of drug-likeness (QED) is 0.725. The molecule has 13 heavy (non-hydrogen) atoms. The Bertz CT molecular complexity index is 194. The van der Waals surface area contributed by atoms with Crippen LogP contribution in [0.2, 0.25) is 0 Å². The zero-order chi connectivity index (χ0) is 9.26. The molecule has 0 aromatic carbocycles. The third-order valence-corrected chi connectivity index (χ3v) is 3.66. The second kappa shape index (κ2) is 3.69. The van der Waals surface area contributed by atoms with Crippen LogP contribution in [0, 0.1) is 17.8 Å². The van der Waals surface area contributed by atoms with Crippen molar-refractivity contribution in [2.24, 2.45) is 17.8 Å². The molecule has 2 aliphatic carbocycles. The molecule has 2 saturated carbocycles. The summed E-state index contributed by atoms with van der Waals surface area (Å²) in [6.07, 6.45) is 8.99. The molecule has 0 saturated heterocycles. The van der Waals surface area contributed by atoms with E-state index in [0.717, 1.165) is 12.3 Å². The van der Waals surface area contributed by atoms with Gasteiger partial charge in [-0.05, 0) is 24.7 Å². The molecule has 1 N–H and O–H groups in total. The SMILES string of the molecule is O=C(O)C1CC1CCC1CCCC1. The minimum atomic E-state index is -0.573. The van der Waals surface area contributed by atoms with E-state index < -0.39 is 5.97 Å². The van der Waals surface area contributed by atoms with Crippen molar-refractivity contribution in [2.75, 3.05) is 0 Å². The Balaban J connectivity index is 1.62. The van der Waals surface area contributed by atoms with E-state index in [1.165, 1.54) is 38.5 Å². The van der Waals surface area contributed by atoms with Gasteiger partial charge in [0, 0.05) is 0 Å². The molecule has 74 valence electrons. The summed E-state index contributed by atoms with van der Waals surface area (Å²) in [5.74, 6) is 0.894. The molecule has 0 amide bonds. The number of hydrogen-bond donors (Lipinski definition) is 1. The molecule has 2 fully saturated rings. The van der Waals surface area contributed by atoms with Crippen LogP contribution in [0.25, 0.3) is 0 Å². The number of carboxylic acids is 1. The van der Waals surface area contributed by atoms with Gasteiger partial charge in [-0.1, -0.05) is 32.1 Å². The summed E-state index contributed by atoms with van der Waals surface area (Å²) in [7, 11) is 0. The van der Waals surface area contributed by atoms with Crippen LogP contribution in [0.4, 0.5) is 0 Å². The summed E-state index contributed by atoms with van der Waals surface area (Å²) in [4.78, 5) is 10.6. The van der Waals surface area contributed by atoms with Crippen LogP contribution >= 0.6 is 0 Å². The Kier molecular flexibility index (Phi) is 2.56. The van der Waals surface area contributed by atoms with Crippen LogP contribution in [-0.2, 0) is 4.79 Å². The van der Waals surface area contributed by atoms with Gasteiger partial charge in [0.15, 0.2) is 0 Å². The Morgan fingerprint density at radius 3 is 2.46 bits per heavy atom. The molecule has 2 unspecified atom stereocenters. The lowest BCUT2D eigenvalue weighted by molar-refractivity contribution is -0.138. The van der Waals surface area contributed by atoms with Gasteiger partial charge in [-0.3, -0.25) is 4.79 Å². The fourth-order valence-corrected chi connectivity index (χ4v) is 2.62. The minimum Gasteiger partial charge on any atom is -0.481 e. The lowest BCUT2D eigenvalue weighted by atomic mass is 9.99. The van der Waals surface area contributed by atoms with Crippen LogP contribution < -0.4 is 0 Å². The highest BCUT2D eigenvalue weighted by molar-refractivity contribution is 5.73. The number of carbonyl (C=O) groups is 1. The normalized spacial score (nSPS) is 33.5. The van der Waals surface area contributed by atoms with E-state index in [9.17, 15) is 4.79 Å². The second-order valence-corrected chi connectivity index (χ2v) is 4.67. The lowest BCUT2D eigenvalue weighted by Crippen LogP contribution is -2.01. The van der Waals surface area contributed by atoms with Crippen LogP contribution in [-0.4, -0.2) is 11.1 Å². The number of carboxylic acid groups (broad SMARTS) is 1. The first-order valence-corrected chi connectivity index (χ1v) is 5.50. The largest absolute Gasteiger partial charge is 0.481 e. The Hall–Kier alpha value is -0.530. The average molecular weight is 182 g/mol. The molecule has 2 atom stereocenters. The molecule has 2 heteroatoms. The zero-order valence-corrected chi connectivity index (χ0v) is 8.04. The van der Waals surface area contributed by atoms with E-state index in [1.54, 1.807) is 0 Å². The molecule has 0 radical (unpaired) electrons. The molecule has 0 aromatic rings. The highest BCUT2D eigenvalue weighted by Crippen LogP contribution is 2.44. The van der Waals surface area contributed by atoms with E-state index in [0.29, 0.717) is 5.92 Å². The van der Waals surface area contributed by atoms with Gasteiger partial charge in [-0.25, -0.2) is 0 Å². The van der Waals surface area contributed by atoms with Crippen LogP contribution in [0.1, 0.15) is 44.9 Å². The molecule has 0 aliphatic heterocycles. The smallest absolute Gasteiger partial charge is 0.306 e. The summed E-state index contributed by atoms with van der Waals surface area (Å²) in [5.41, 5.74) is 0. The molecule has 2 nitrogen and oxygen atoms in total. The molecule has 0 bridgehead atoms. The maximum absolute atomic E-state index is 10.6. The maximum Gasteiger partial charge on any atom is 0.306 e. The van der Waals surface area contributed by atoms with Crippen LogP contribution in [0.15, 0.2) is 0 Å². The van der Waals surface area contributed by atoms with Gasteiger partial charge in [0.25, 0.3) is 0 Å². The van der Waals surface area contributed by atoms with Gasteiger partial charge in [0.2, 0.25) is 0 Å². The van der Waals surface area contributed by atoms with Crippen molar-refractivity contribution in [1.82, 2.24) is 0 Å². The van der Waals surface area contributed by atoms with E-state index >= 15 is 0 Å². The van der Waals surface area contributed by atoms with Crippen molar-refractivity contribution in [2.45, 2.75) is 44.9 Å². The molecule has 0 heterocycles. The predicted octanol–water partition coefficient (Wildman–Crippen LogP) is 2.68. The van der Waals surface area contributed by atoms with Gasteiger partial charge in [0.1, 0.15) is 0 Å². The summed E-state index contributed by atoms with van der Waals surface area (Å²) < 4.78 is 0. The Labute approximate surface area is 79.3 Å². The minimum absolute atomic E-state index is 0.0152. The van der Waals surface area contributed by atoms with E-state index in [-0.39, 0.29) is 5.92 Å². The summed E-state index contributed by atoms with van der Waals surface area (Å²) >= 11 is 0. The monoisotopic (exact) mass is 182 g/mol. The predicted molar refractivity (Wildman–Crippen MR) is 50.4 cm³/mol. The van der Waals surface area contributed by atoms with Gasteiger partial charge in [-0.15, -0.1) is 0 Å². The number of hydrogen-bond acceptors (Lipinski definition) is 1. The van der Waals surface area contributed by atoms with Crippen molar-refractivity contribution in [1.29, 1.82) is 0 Å². The topological polar surface area (TPSA) is 37.3 Å². The maximum atomic E-state index is 10.6. The third-order valence-electron chi connectivity index (χ3n) is 3.66. The highest BCUT2D eigenvalue weighted by atomic mass is 16.4. The molecule has 2 aliphatic rings. The van der Waals surface area contributed by atoms with Crippen LogP contribution in [0.3, 0.4) is 0 Å². The summed E-state index contributed by atoms with van der Waals surface area (Å²) in [6.45, 7) is 0. The molecule has 0 aromatic heterocycles. The van der Waals surface area contributed by atoms with E-state index in [1.807, 2.05) is 0 Å². The molecule has 2 rings (SSSR count). The fraction of sp³-hybridized carbons (Fsp3) is 0.909. The fourth-order valence-electron chi connectivity index (χ4n) is 2.62. The standard InChI is InChI=1S/C11H18O2/c12-11(13)10-7-9(10)6-5-8-3-1-2-4-8/h8-10H,1-7H2,(H,12,13). The Morgan fingerprint density at radius 2 is 1.92 bits per heavy atom. The van der Waals surface area contributed by atoms with Gasteiger partial charge in [-0.2, -0.15) is 0 Å². The summed E-state index contributed by atoms with van der Waals surface area (Å²) in [5, 5.41) is 8.72. The highest BCUT2D eigenvalue weighted by Gasteiger charge is 2.42. The molecular weight excluding hydrogens is 164 g/mol. The molecular formula is C11H18O2. The lowest BCUT2D eigenvalue weighted by Gasteiger charge is -2.06. The average Bonchev–Trinajstić information content (AvgIpc) is 2.70. The number of rotatable bonds is 4.